The molecule has 6 heteroatoms. The molecule has 2 aromatic carbocycles. The second-order valence-corrected chi connectivity index (χ2v) is 7.94. The summed E-state index contributed by atoms with van der Waals surface area (Å²) in [4.78, 5) is 12.4. The summed E-state index contributed by atoms with van der Waals surface area (Å²) >= 11 is 0. The summed E-state index contributed by atoms with van der Waals surface area (Å²) in [5.41, 5.74) is 4.33. The van der Waals surface area contributed by atoms with Crippen LogP contribution in [0.2, 0.25) is 0 Å². The van der Waals surface area contributed by atoms with Crippen molar-refractivity contribution in [3.05, 3.63) is 53.6 Å². The standard InChI is InChI=1S/C23H24F3NO2/c24-23(25,26)20-3-1-2-19(13-20)22(28)27-14-15-4-6-16(7-5-15)17-8-9-21-18(12-17)10-11-29-21/h4-9,12,19-20H,1-3,10-11,13-14H2,(H,27,28). The Labute approximate surface area is 168 Å². The third kappa shape index (κ3) is 4.57. The van der Waals surface area contributed by atoms with E-state index in [9.17, 15) is 18.0 Å². The number of ether oxygens (including phenoxy) is 1. The van der Waals surface area contributed by atoms with Crippen LogP contribution in [0.25, 0.3) is 11.1 Å². The van der Waals surface area contributed by atoms with E-state index in [1.54, 1.807) is 0 Å². The molecule has 2 unspecified atom stereocenters. The van der Waals surface area contributed by atoms with Gasteiger partial charge in [0.15, 0.2) is 0 Å². The minimum absolute atomic E-state index is 0.101. The summed E-state index contributed by atoms with van der Waals surface area (Å²) in [5, 5.41) is 2.81. The van der Waals surface area contributed by atoms with Gasteiger partial charge in [0, 0.05) is 18.9 Å². The maximum absolute atomic E-state index is 12.9. The molecule has 1 aliphatic carbocycles. The van der Waals surface area contributed by atoms with Gasteiger partial charge in [-0.15, -0.1) is 0 Å². The van der Waals surface area contributed by atoms with Crippen molar-refractivity contribution in [1.29, 1.82) is 0 Å². The molecule has 2 aliphatic rings. The van der Waals surface area contributed by atoms with E-state index in [4.69, 9.17) is 4.74 Å². The van der Waals surface area contributed by atoms with E-state index in [0.29, 0.717) is 19.4 Å². The fourth-order valence-electron chi connectivity index (χ4n) is 4.24. The van der Waals surface area contributed by atoms with Crippen molar-refractivity contribution in [3.8, 4) is 16.9 Å². The van der Waals surface area contributed by atoms with Crippen LogP contribution >= 0.6 is 0 Å². The molecule has 1 fully saturated rings. The van der Waals surface area contributed by atoms with Crippen molar-refractivity contribution in [2.24, 2.45) is 11.8 Å². The molecule has 2 aromatic rings. The SMILES string of the molecule is O=C(NCc1ccc(-c2ccc3c(c2)CCO3)cc1)C1CCCC(C(F)(F)F)C1. The smallest absolute Gasteiger partial charge is 0.391 e. The third-order valence-corrected chi connectivity index (χ3v) is 5.95. The molecule has 1 aliphatic heterocycles. The van der Waals surface area contributed by atoms with Gasteiger partial charge in [-0.3, -0.25) is 4.79 Å². The molecule has 0 saturated heterocycles. The molecule has 0 aromatic heterocycles. The highest BCUT2D eigenvalue weighted by atomic mass is 19.4. The highest BCUT2D eigenvalue weighted by Gasteiger charge is 2.43. The molecule has 2 atom stereocenters. The van der Waals surface area contributed by atoms with Crippen molar-refractivity contribution < 1.29 is 22.7 Å². The van der Waals surface area contributed by atoms with Crippen LogP contribution in [-0.4, -0.2) is 18.7 Å². The zero-order valence-corrected chi connectivity index (χ0v) is 16.1. The van der Waals surface area contributed by atoms with E-state index in [0.717, 1.165) is 35.5 Å². The maximum Gasteiger partial charge on any atom is 0.391 e. The van der Waals surface area contributed by atoms with Gasteiger partial charge in [-0.05, 0) is 53.6 Å². The number of halogens is 3. The highest BCUT2D eigenvalue weighted by molar-refractivity contribution is 5.78. The topological polar surface area (TPSA) is 38.3 Å². The van der Waals surface area contributed by atoms with E-state index < -0.39 is 18.0 Å². The first-order valence-corrected chi connectivity index (χ1v) is 10.1. The summed E-state index contributed by atoms with van der Waals surface area (Å²) < 4.78 is 44.4. The quantitative estimate of drug-likeness (QED) is 0.755. The van der Waals surface area contributed by atoms with Gasteiger partial charge in [0.25, 0.3) is 0 Å². The van der Waals surface area contributed by atoms with Crippen LogP contribution in [0.3, 0.4) is 0 Å². The number of hydrogen-bond acceptors (Lipinski definition) is 2. The van der Waals surface area contributed by atoms with Crippen molar-refractivity contribution in [1.82, 2.24) is 5.32 Å². The lowest BCUT2D eigenvalue weighted by molar-refractivity contribution is -0.186. The average molecular weight is 403 g/mol. The van der Waals surface area contributed by atoms with E-state index in [2.05, 4.69) is 11.4 Å². The number of carbonyl (C=O) groups is 1. The number of carbonyl (C=O) groups excluding carboxylic acids is 1. The van der Waals surface area contributed by atoms with Gasteiger partial charge in [-0.2, -0.15) is 13.2 Å². The number of nitrogens with one attached hydrogen (secondary N) is 1. The van der Waals surface area contributed by atoms with E-state index in [1.165, 1.54) is 5.56 Å². The summed E-state index contributed by atoms with van der Waals surface area (Å²) in [6.45, 7) is 1.05. The van der Waals surface area contributed by atoms with Crippen molar-refractivity contribution in [3.63, 3.8) is 0 Å². The predicted octanol–water partition coefficient (Wildman–Crippen LogP) is 5.27. The normalized spacial score (nSPS) is 21.3. The van der Waals surface area contributed by atoms with E-state index >= 15 is 0 Å². The van der Waals surface area contributed by atoms with Crippen LogP contribution in [0.15, 0.2) is 42.5 Å². The number of alkyl halides is 3. The van der Waals surface area contributed by atoms with Gasteiger partial charge in [0.2, 0.25) is 5.91 Å². The summed E-state index contributed by atoms with van der Waals surface area (Å²) in [6, 6.07) is 14.0. The zero-order valence-electron chi connectivity index (χ0n) is 16.1. The van der Waals surface area contributed by atoms with Crippen molar-refractivity contribution in [2.45, 2.75) is 44.8 Å². The molecule has 29 heavy (non-hydrogen) atoms. The molecule has 154 valence electrons. The molecule has 0 radical (unpaired) electrons. The Balaban J connectivity index is 1.34. The molecule has 1 saturated carbocycles. The lowest BCUT2D eigenvalue weighted by Gasteiger charge is -2.29. The van der Waals surface area contributed by atoms with E-state index in [-0.39, 0.29) is 18.7 Å². The van der Waals surface area contributed by atoms with Crippen LogP contribution in [0, 0.1) is 11.8 Å². The predicted molar refractivity (Wildman–Crippen MR) is 104 cm³/mol. The fourth-order valence-corrected chi connectivity index (χ4v) is 4.24. The molecular formula is C23H24F3NO2. The van der Waals surface area contributed by atoms with Crippen LogP contribution in [0.4, 0.5) is 13.2 Å². The third-order valence-electron chi connectivity index (χ3n) is 5.95. The first-order chi connectivity index (χ1) is 13.9. The Kier molecular flexibility index (Phi) is 5.52. The van der Waals surface area contributed by atoms with Gasteiger partial charge >= 0.3 is 6.18 Å². The second kappa shape index (κ2) is 8.09. The number of fused-ring (bicyclic) bond motifs is 1. The first kappa shape index (κ1) is 19.8. The first-order valence-electron chi connectivity index (χ1n) is 10.1. The van der Waals surface area contributed by atoms with Crippen molar-refractivity contribution >= 4 is 5.91 Å². The van der Waals surface area contributed by atoms with E-state index in [1.807, 2.05) is 36.4 Å². The van der Waals surface area contributed by atoms with Gasteiger partial charge in [-0.1, -0.05) is 36.8 Å². The van der Waals surface area contributed by atoms with Gasteiger partial charge in [-0.25, -0.2) is 0 Å². The highest BCUT2D eigenvalue weighted by Crippen LogP contribution is 2.40. The molecule has 1 amide bonds. The number of hydrogen-bond donors (Lipinski definition) is 1. The molecular weight excluding hydrogens is 379 g/mol. The Morgan fingerprint density at radius 2 is 1.83 bits per heavy atom. The van der Waals surface area contributed by atoms with Gasteiger partial charge in [0.1, 0.15) is 5.75 Å². The number of amides is 1. The molecule has 4 rings (SSSR count). The van der Waals surface area contributed by atoms with Crippen LogP contribution in [0.1, 0.15) is 36.8 Å². The lowest BCUT2D eigenvalue weighted by Crippen LogP contribution is -2.37. The van der Waals surface area contributed by atoms with Gasteiger partial charge in [0.05, 0.1) is 12.5 Å². The summed E-state index contributed by atoms with van der Waals surface area (Å²) in [5.74, 6) is -1.24. The molecule has 0 bridgehead atoms. The van der Waals surface area contributed by atoms with Crippen LogP contribution in [0.5, 0.6) is 5.75 Å². The molecule has 1 heterocycles. The number of benzene rings is 2. The average Bonchev–Trinajstić information content (AvgIpc) is 3.20. The summed E-state index contributed by atoms with van der Waals surface area (Å²) in [7, 11) is 0. The van der Waals surface area contributed by atoms with Gasteiger partial charge < -0.3 is 10.1 Å². The molecule has 3 nitrogen and oxygen atoms in total. The van der Waals surface area contributed by atoms with Crippen molar-refractivity contribution in [2.75, 3.05) is 6.61 Å². The Morgan fingerprint density at radius 1 is 1.07 bits per heavy atom. The van der Waals surface area contributed by atoms with Crippen LogP contribution < -0.4 is 10.1 Å². The Morgan fingerprint density at radius 3 is 2.59 bits per heavy atom. The second-order valence-electron chi connectivity index (χ2n) is 7.94. The summed E-state index contributed by atoms with van der Waals surface area (Å²) in [6.07, 6.45) is -2.29. The maximum atomic E-state index is 12.9. The molecule has 1 N–H and O–H groups in total. The Bertz CT molecular complexity index is 877. The fraction of sp³-hybridized carbons (Fsp3) is 0.435. The molecule has 0 spiro atoms. The van der Waals surface area contributed by atoms with Crippen LogP contribution in [-0.2, 0) is 17.8 Å². The lowest BCUT2D eigenvalue weighted by atomic mass is 9.80. The zero-order chi connectivity index (χ0) is 20.4. The Hall–Kier alpha value is -2.50. The minimum atomic E-state index is -4.21. The monoisotopic (exact) mass is 403 g/mol. The largest absolute Gasteiger partial charge is 0.493 e. The number of rotatable bonds is 4. The minimum Gasteiger partial charge on any atom is -0.493 e.